The van der Waals surface area contributed by atoms with Gasteiger partial charge in [-0.2, -0.15) is 0 Å². The van der Waals surface area contributed by atoms with Crippen molar-refractivity contribution in [1.29, 1.82) is 0 Å². The van der Waals surface area contributed by atoms with E-state index < -0.39 is 0 Å². The Bertz CT molecular complexity index is 513. The van der Waals surface area contributed by atoms with Gasteiger partial charge in [0.15, 0.2) is 0 Å². The van der Waals surface area contributed by atoms with E-state index in [1.165, 1.54) is 24.8 Å². The lowest BCUT2D eigenvalue weighted by molar-refractivity contribution is -0.124. The fraction of sp³-hybridized carbons (Fsp3) is 0.611. The predicted octanol–water partition coefficient (Wildman–Crippen LogP) is 1.96. The number of nitrogens with two attached hydrogens (primary N) is 1. The maximum absolute atomic E-state index is 12.5. The highest BCUT2D eigenvalue weighted by atomic mass is 16.2. The van der Waals surface area contributed by atoms with Gasteiger partial charge in [0.25, 0.3) is 0 Å². The minimum atomic E-state index is 0.0684. The topological polar surface area (TPSA) is 55.1 Å². The Hall–Kier alpha value is -1.35. The Balaban J connectivity index is 1.36. The van der Waals surface area contributed by atoms with Crippen LogP contribution in [0.3, 0.4) is 0 Å². The molecule has 3 fully saturated rings. The Morgan fingerprint density at radius 2 is 1.86 bits per heavy atom. The van der Waals surface area contributed by atoms with Crippen LogP contribution in [0.15, 0.2) is 30.3 Å². The first-order valence-corrected chi connectivity index (χ1v) is 8.32. The van der Waals surface area contributed by atoms with E-state index in [-0.39, 0.29) is 11.9 Å². The van der Waals surface area contributed by atoms with Crippen molar-refractivity contribution < 1.29 is 4.79 Å². The lowest BCUT2D eigenvalue weighted by Gasteiger charge is -2.18. The van der Waals surface area contributed by atoms with Crippen LogP contribution in [-0.2, 0) is 11.2 Å². The molecule has 0 spiro atoms. The zero-order chi connectivity index (χ0) is 14.4. The molecule has 1 aromatic rings. The fourth-order valence-electron chi connectivity index (χ4n) is 5.06. The van der Waals surface area contributed by atoms with E-state index >= 15 is 0 Å². The quantitative estimate of drug-likeness (QED) is 0.868. The molecule has 5 atom stereocenters. The van der Waals surface area contributed by atoms with Gasteiger partial charge in [-0.05, 0) is 54.9 Å². The first-order valence-electron chi connectivity index (χ1n) is 8.32. The molecule has 0 aliphatic heterocycles. The molecule has 0 aromatic heterocycles. The van der Waals surface area contributed by atoms with Crippen LogP contribution in [0, 0.1) is 29.6 Å². The summed E-state index contributed by atoms with van der Waals surface area (Å²) < 4.78 is 0. The Morgan fingerprint density at radius 3 is 2.48 bits per heavy atom. The largest absolute Gasteiger partial charge is 0.352 e. The number of carbonyl (C=O) groups is 1. The second-order valence-corrected chi connectivity index (χ2v) is 7.14. The van der Waals surface area contributed by atoms with E-state index in [2.05, 4.69) is 17.4 Å². The predicted molar refractivity (Wildman–Crippen MR) is 82.4 cm³/mol. The second kappa shape index (κ2) is 5.13. The molecule has 0 heterocycles. The van der Waals surface area contributed by atoms with Gasteiger partial charge in [-0.3, -0.25) is 4.79 Å². The average molecular weight is 284 g/mol. The number of amides is 1. The number of benzene rings is 1. The molecule has 0 radical (unpaired) electrons. The summed E-state index contributed by atoms with van der Waals surface area (Å²) in [6.45, 7) is 0.509. The van der Waals surface area contributed by atoms with Crippen LogP contribution in [0.25, 0.3) is 0 Å². The highest BCUT2D eigenvalue weighted by molar-refractivity contribution is 5.83. The smallest absolute Gasteiger partial charge is 0.223 e. The zero-order valence-electron chi connectivity index (χ0n) is 12.4. The van der Waals surface area contributed by atoms with Crippen LogP contribution in [0.5, 0.6) is 0 Å². The molecule has 0 saturated heterocycles. The molecule has 3 N–H and O–H groups in total. The molecule has 3 saturated carbocycles. The van der Waals surface area contributed by atoms with Gasteiger partial charge in [-0.1, -0.05) is 30.3 Å². The minimum absolute atomic E-state index is 0.0684. The van der Waals surface area contributed by atoms with E-state index in [9.17, 15) is 4.79 Å². The van der Waals surface area contributed by atoms with Gasteiger partial charge in [0.1, 0.15) is 0 Å². The molecule has 1 aromatic carbocycles. The molecule has 3 nitrogen and oxygen atoms in total. The van der Waals surface area contributed by atoms with Crippen molar-refractivity contribution in [3.63, 3.8) is 0 Å². The van der Waals surface area contributed by atoms with E-state index in [1.54, 1.807) is 0 Å². The molecule has 21 heavy (non-hydrogen) atoms. The summed E-state index contributed by atoms with van der Waals surface area (Å²) in [5, 5.41) is 3.21. The van der Waals surface area contributed by atoms with Gasteiger partial charge in [0.05, 0.1) is 0 Å². The van der Waals surface area contributed by atoms with Crippen molar-refractivity contribution in [3.8, 4) is 0 Å². The number of hydrogen-bond acceptors (Lipinski definition) is 2. The van der Waals surface area contributed by atoms with Crippen molar-refractivity contribution in [3.05, 3.63) is 35.9 Å². The summed E-state index contributed by atoms with van der Waals surface area (Å²) in [5.74, 6) is 3.69. The van der Waals surface area contributed by atoms with Crippen LogP contribution in [0.2, 0.25) is 0 Å². The number of nitrogens with one attached hydrogen (secondary N) is 1. The SMILES string of the molecule is NCC(Cc1ccccc1)NC(=O)C1C2C3CCC(C3)C12. The average Bonchev–Trinajstić information content (AvgIpc) is 2.96. The van der Waals surface area contributed by atoms with Crippen molar-refractivity contribution in [2.75, 3.05) is 6.54 Å². The molecule has 3 aliphatic carbocycles. The Kier molecular flexibility index (Phi) is 3.26. The van der Waals surface area contributed by atoms with Crippen LogP contribution < -0.4 is 11.1 Å². The van der Waals surface area contributed by atoms with E-state index in [0.717, 1.165) is 18.3 Å². The number of rotatable bonds is 5. The molecule has 3 aliphatic rings. The van der Waals surface area contributed by atoms with Gasteiger partial charge in [-0.25, -0.2) is 0 Å². The molecular formula is C18H24N2O. The third kappa shape index (κ3) is 2.28. The zero-order valence-corrected chi connectivity index (χ0v) is 12.4. The second-order valence-electron chi connectivity index (χ2n) is 7.14. The van der Waals surface area contributed by atoms with E-state index in [4.69, 9.17) is 5.73 Å². The van der Waals surface area contributed by atoms with Gasteiger partial charge in [0, 0.05) is 18.5 Å². The molecule has 5 unspecified atom stereocenters. The normalized spacial score (nSPS) is 37.1. The number of carbonyl (C=O) groups excluding carboxylic acids is 1. The molecule has 112 valence electrons. The summed E-state index contributed by atoms with van der Waals surface area (Å²) in [7, 11) is 0. The highest BCUT2D eigenvalue weighted by Crippen LogP contribution is 2.69. The van der Waals surface area contributed by atoms with Gasteiger partial charge in [0.2, 0.25) is 5.91 Å². The minimum Gasteiger partial charge on any atom is -0.352 e. The van der Waals surface area contributed by atoms with Crippen molar-refractivity contribution in [2.24, 2.45) is 35.3 Å². The van der Waals surface area contributed by atoms with Crippen LogP contribution in [-0.4, -0.2) is 18.5 Å². The van der Waals surface area contributed by atoms with Crippen molar-refractivity contribution in [2.45, 2.75) is 31.7 Å². The van der Waals surface area contributed by atoms with Gasteiger partial charge >= 0.3 is 0 Å². The first-order chi connectivity index (χ1) is 10.3. The van der Waals surface area contributed by atoms with Gasteiger partial charge in [-0.15, -0.1) is 0 Å². The molecule has 1 amide bonds. The third-order valence-electron chi connectivity index (χ3n) is 5.99. The lowest BCUT2D eigenvalue weighted by Crippen LogP contribution is -2.43. The third-order valence-corrected chi connectivity index (χ3v) is 5.99. The van der Waals surface area contributed by atoms with Crippen molar-refractivity contribution >= 4 is 5.91 Å². The molecule has 3 heteroatoms. The Morgan fingerprint density at radius 1 is 1.19 bits per heavy atom. The summed E-state index contributed by atoms with van der Waals surface area (Å²) in [5.41, 5.74) is 7.10. The standard InChI is InChI=1S/C18H24N2O/c19-10-14(8-11-4-2-1-3-5-11)20-18(21)17-15-12-6-7-13(9-12)16(15)17/h1-5,12-17H,6-10,19H2,(H,20,21). The first kappa shape index (κ1) is 13.3. The summed E-state index contributed by atoms with van der Waals surface area (Å²) in [6, 6.07) is 10.4. The number of hydrogen-bond donors (Lipinski definition) is 2. The summed E-state index contributed by atoms with van der Waals surface area (Å²) in [6.07, 6.45) is 4.95. The van der Waals surface area contributed by atoms with Crippen LogP contribution in [0.1, 0.15) is 24.8 Å². The van der Waals surface area contributed by atoms with Crippen LogP contribution in [0.4, 0.5) is 0 Å². The highest BCUT2D eigenvalue weighted by Gasteiger charge is 2.67. The molecule has 4 rings (SSSR count). The molecule has 2 bridgehead atoms. The molecular weight excluding hydrogens is 260 g/mol. The monoisotopic (exact) mass is 284 g/mol. The number of fused-ring (bicyclic) bond motifs is 5. The maximum atomic E-state index is 12.5. The van der Waals surface area contributed by atoms with E-state index in [0.29, 0.717) is 24.3 Å². The van der Waals surface area contributed by atoms with Crippen LogP contribution >= 0.6 is 0 Å². The van der Waals surface area contributed by atoms with Gasteiger partial charge < -0.3 is 11.1 Å². The summed E-state index contributed by atoms with van der Waals surface area (Å²) >= 11 is 0. The summed E-state index contributed by atoms with van der Waals surface area (Å²) in [4.78, 5) is 12.5. The Labute approximate surface area is 126 Å². The van der Waals surface area contributed by atoms with Crippen molar-refractivity contribution in [1.82, 2.24) is 5.32 Å². The lowest BCUT2D eigenvalue weighted by atomic mass is 10.0. The fourth-order valence-corrected chi connectivity index (χ4v) is 5.06. The van der Waals surface area contributed by atoms with E-state index in [1.807, 2.05) is 18.2 Å². The maximum Gasteiger partial charge on any atom is 0.223 e.